The molecule has 4 nitrogen and oxygen atoms in total. The molecule has 0 saturated carbocycles. The van der Waals surface area contributed by atoms with Crippen LogP contribution in [0.2, 0.25) is 0 Å². The van der Waals surface area contributed by atoms with Gasteiger partial charge in [-0.05, 0) is 39.0 Å². The van der Waals surface area contributed by atoms with E-state index in [2.05, 4.69) is 19.2 Å². The highest BCUT2D eigenvalue weighted by Crippen LogP contribution is 2.21. The summed E-state index contributed by atoms with van der Waals surface area (Å²) in [5.41, 5.74) is 0.0621. The topological polar surface area (TPSA) is 41.6 Å². The smallest absolute Gasteiger partial charge is 0.222 e. The zero-order valence-corrected chi connectivity index (χ0v) is 11.7. The summed E-state index contributed by atoms with van der Waals surface area (Å²) in [7, 11) is 0. The highest BCUT2D eigenvalue weighted by atomic mass is 16.5. The summed E-state index contributed by atoms with van der Waals surface area (Å²) in [6.07, 6.45) is 3.99. The predicted molar refractivity (Wildman–Crippen MR) is 71.4 cm³/mol. The lowest BCUT2D eigenvalue weighted by molar-refractivity contribution is -0.133. The maximum absolute atomic E-state index is 12.2. The van der Waals surface area contributed by atoms with E-state index < -0.39 is 0 Å². The molecule has 0 aromatic heterocycles. The Morgan fingerprint density at radius 1 is 1.39 bits per heavy atom. The molecule has 0 unspecified atom stereocenters. The van der Waals surface area contributed by atoms with Crippen LogP contribution in [0.4, 0.5) is 0 Å². The maximum Gasteiger partial charge on any atom is 0.222 e. The Balaban J connectivity index is 1.73. The third-order valence-corrected chi connectivity index (χ3v) is 4.03. The van der Waals surface area contributed by atoms with Gasteiger partial charge in [-0.2, -0.15) is 0 Å². The Labute approximate surface area is 110 Å². The fraction of sp³-hybridized carbons (Fsp3) is 0.929. The molecule has 1 amide bonds. The first kappa shape index (κ1) is 13.8. The molecule has 104 valence electrons. The monoisotopic (exact) mass is 254 g/mol. The molecule has 2 heterocycles. The number of nitrogens with one attached hydrogen (secondary N) is 1. The molecule has 0 aromatic rings. The van der Waals surface area contributed by atoms with Crippen LogP contribution in [-0.2, 0) is 9.53 Å². The number of piperazine rings is 1. The highest BCUT2D eigenvalue weighted by molar-refractivity contribution is 5.76. The quantitative estimate of drug-likeness (QED) is 0.828. The molecular formula is C14H26N2O2. The van der Waals surface area contributed by atoms with Crippen molar-refractivity contribution in [3.8, 4) is 0 Å². The Morgan fingerprint density at radius 3 is 2.78 bits per heavy atom. The Hall–Kier alpha value is -0.610. The van der Waals surface area contributed by atoms with Crippen LogP contribution in [0.25, 0.3) is 0 Å². The van der Waals surface area contributed by atoms with Crippen molar-refractivity contribution in [2.45, 2.75) is 45.1 Å². The Morgan fingerprint density at radius 2 is 2.11 bits per heavy atom. The van der Waals surface area contributed by atoms with E-state index in [1.807, 2.05) is 4.90 Å². The second kappa shape index (κ2) is 6.02. The van der Waals surface area contributed by atoms with Crippen molar-refractivity contribution in [1.29, 1.82) is 0 Å². The van der Waals surface area contributed by atoms with E-state index in [9.17, 15) is 4.79 Å². The molecular weight excluding hydrogens is 228 g/mol. The van der Waals surface area contributed by atoms with Gasteiger partial charge in [0.25, 0.3) is 0 Å². The van der Waals surface area contributed by atoms with Gasteiger partial charge >= 0.3 is 0 Å². The van der Waals surface area contributed by atoms with Crippen LogP contribution in [0.15, 0.2) is 0 Å². The molecule has 0 atom stereocenters. The van der Waals surface area contributed by atoms with E-state index in [0.717, 1.165) is 52.1 Å². The van der Waals surface area contributed by atoms with Crippen molar-refractivity contribution in [3.63, 3.8) is 0 Å². The average molecular weight is 254 g/mol. The number of ether oxygens (including phenoxy) is 1. The molecule has 0 aliphatic carbocycles. The van der Waals surface area contributed by atoms with Crippen molar-refractivity contribution in [2.24, 2.45) is 5.92 Å². The van der Waals surface area contributed by atoms with Crippen molar-refractivity contribution in [1.82, 2.24) is 10.2 Å². The molecule has 0 bridgehead atoms. The molecule has 0 radical (unpaired) electrons. The summed E-state index contributed by atoms with van der Waals surface area (Å²) in [6.45, 7) is 8.67. The minimum atomic E-state index is 0.0621. The fourth-order valence-electron chi connectivity index (χ4n) is 2.88. The summed E-state index contributed by atoms with van der Waals surface area (Å²) >= 11 is 0. The fourth-order valence-corrected chi connectivity index (χ4v) is 2.88. The van der Waals surface area contributed by atoms with Crippen LogP contribution in [0.1, 0.15) is 39.5 Å². The third-order valence-electron chi connectivity index (χ3n) is 4.03. The number of rotatable bonds is 3. The number of carbonyl (C=O) groups is 1. The van der Waals surface area contributed by atoms with E-state index in [4.69, 9.17) is 4.74 Å². The minimum Gasteiger partial charge on any atom is -0.381 e. The van der Waals surface area contributed by atoms with E-state index in [-0.39, 0.29) is 5.54 Å². The number of hydrogen-bond donors (Lipinski definition) is 1. The summed E-state index contributed by atoms with van der Waals surface area (Å²) in [5.74, 6) is 1.02. The molecule has 2 aliphatic heterocycles. The predicted octanol–water partition coefficient (Wildman–Crippen LogP) is 1.40. The molecule has 4 heteroatoms. The second-order valence-electron chi connectivity index (χ2n) is 6.22. The van der Waals surface area contributed by atoms with Gasteiger partial charge in [-0.1, -0.05) is 0 Å². The normalized spacial score (nSPS) is 25.1. The molecule has 0 aromatic carbocycles. The first-order chi connectivity index (χ1) is 8.57. The van der Waals surface area contributed by atoms with Gasteiger partial charge in [-0.15, -0.1) is 0 Å². The van der Waals surface area contributed by atoms with Crippen LogP contribution < -0.4 is 5.32 Å². The third kappa shape index (κ3) is 3.95. The molecule has 18 heavy (non-hydrogen) atoms. The Bertz CT molecular complexity index is 286. The summed E-state index contributed by atoms with van der Waals surface area (Å²) in [4.78, 5) is 14.2. The van der Waals surface area contributed by atoms with Gasteiger partial charge in [0.15, 0.2) is 0 Å². The van der Waals surface area contributed by atoms with Crippen LogP contribution in [0, 0.1) is 5.92 Å². The van der Waals surface area contributed by atoms with Crippen LogP contribution in [0.3, 0.4) is 0 Å². The molecule has 2 fully saturated rings. The molecule has 0 spiro atoms. The van der Waals surface area contributed by atoms with Crippen LogP contribution in [-0.4, -0.2) is 49.2 Å². The number of amides is 1. The molecule has 2 rings (SSSR count). The first-order valence-corrected chi connectivity index (χ1v) is 7.17. The van der Waals surface area contributed by atoms with Crippen molar-refractivity contribution in [2.75, 3.05) is 32.8 Å². The van der Waals surface area contributed by atoms with Crippen molar-refractivity contribution >= 4 is 5.91 Å². The van der Waals surface area contributed by atoms with E-state index in [0.29, 0.717) is 18.2 Å². The first-order valence-electron chi connectivity index (χ1n) is 7.17. The number of carbonyl (C=O) groups excluding carboxylic acids is 1. The van der Waals surface area contributed by atoms with Gasteiger partial charge in [0.1, 0.15) is 0 Å². The average Bonchev–Trinajstić information content (AvgIpc) is 2.36. The van der Waals surface area contributed by atoms with Gasteiger partial charge in [0.05, 0.1) is 0 Å². The van der Waals surface area contributed by atoms with E-state index >= 15 is 0 Å². The minimum absolute atomic E-state index is 0.0621. The number of hydrogen-bond acceptors (Lipinski definition) is 3. The van der Waals surface area contributed by atoms with Crippen molar-refractivity contribution in [3.05, 3.63) is 0 Å². The lowest BCUT2D eigenvalue weighted by Crippen LogP contribution is -2.58. The number of nitrogens with zero attached hydrogens (tertiary/aromatic N) is 1. The maximum atomic E-state index is 12.2. The van der Waals surface area contributed by atoms with Gasteiger partial charge in [-0.25, -0.2) is 0 Å². The lowest BCUT2D eigenvalue weighted by Gasteiger charge is -2.39. The summed E-state index contributed by atoms with van der Waals surface area (Å²) < 4.78 is 5.35. The van der Waals surface area contributed by atoms with Gasteiger partial charge in [0, 0.05) is 44.8 Å². The summed E-state index contributed by atoms with van der Waals surface area (Å²) in [6, 6.07) is 0. The highest BCUT2D eigenvalue weighted by Gasteiger charge is 2.28. The zero-order valence-electron chi connectivity index (χ0n) is 11.7. The summed E-state index contributed by atoms with van der Waals surface area (Å²) in [5, 5.41) is 3.44. The van der Waals surface area contributed by atoms with Gasteiger partial charge in [0.2, 0.25) is 5.91 Å². The van der Waals surface area contributed by atoms with E-state index in [1.54, 1.807) is 0 Å². The Kier molecular flexibility index (Phi) is 4.62. The van der Waals surface area contributed by atoms with E-state index in [1.165, 1.54) is 0 Å². The molecule has 1 N–H and O–H groups in total. The molecule has 2 aliphatic rings. The van der Waals surface area contributed by atoms with Crippen molar-refractivity contribution < 1.29 is 9.53 Å². The van der Waals surface area contributed by atoms with Crippen LogP contribution in [0.5, 0.6) is 0 Å². The largest absolute Gasteiger partial charge is 0.381 e. The SMILES string of the molecule is CC1(C)CN(C(=O)CCC2CCOCC2)CCN1. The lowest BCUT2D eigenvalue weighted by atomic mass is 9.94. The second-order valence-corrected chi connectivity index (χ2v) is 6.22. The van der Waals surface area contributed by atoms with Gasteiger partial charge < -0.3 is 15.0 Å². The standard InChI is InChI=1S/C14H26N2O2/c1-14(2)11-16(8-7-15-14)13(17)4-3-12-5-9-18-10-6-12/h12,15H,3-11H2,1-2H3. The van der Waals surface area contributed by atoms with Crippen LogP contribution >= 0.6 is 0 Å². The van der Waals surface area contributed by atoms with Gasteiger partial charge in [-0.3, -0.25) is 4.79 Å². The zero-order chi connectivity index (χ0) is 13.0. The molecule has 2 saturated heterocycles.